The van der Waals surface area contributed by atoms with Crippen molar-refractivity contribution in [2.45, 2.75) is 36.8 Å². The van der Waals surface area contributed by atoms with E-state index in [4.69, 9.17) is 28.4 Å². The van der Waals surface area contributed by atoms with Gasteiger partial charge in [-0.25, -0.2) is 4.79 Å². The third-order valence-electron chi connectivity index (χ3n) is 9.81. The zero-order valence-corrected chi connectivity index (χ0v) is 29.8. The first-order chi connectivity index (χ1) is 26.7. The lowest BCUT2D eigenvalue weighted by atomic mass is 9.77. The van der Waals surface area contributed by atoms with Crippen molar-refractivity contribution >= 4 is 5.97 Å². The van der Waals surface area contributed by atoms with Crippen LogP contribution >= 0.6 is 0 Å². The first kappa shape index (κ1) is 37.3. The molecular formula is C40H36O16. The summed E-state index contributed by atoms with van der Waals surface area (Å²) in [5.41, 5.74) is 0.0933. The summed E-state index contributed by atoms with van der Waals surface area (Å²) < 4.78 is 34.7. The second kappa shape index (κ2) is 14.3. The van der Waals surface area contributed by atoms with Crippen LogP contribution in [0.25, 0.3) is 0 Å². The van der Waals surface area contributed by atoms with Gasteiger partial charge in [-0.3, -0.25) is 0 Å². The van der Waals surface area contributed by atoms with E-state index in [-0.39, 0.29) is 68.5 Å². The Kier molecular flexibility index (Phi) is 9.51. The van der Waals surface area contributed by atoms with Crippen molar-refractivity contribution in [3.8, 4) is 74.7 Å². The summed E-state index contributed by atoms with van der Waals surface area (Å²) in [5, 5.41) is 97.4. The molecule has 2 heterocycles. The fourth-order valence-corrected chi connectivity index (χ4v) is 7.20. The van der Waals surface area contributed by atoms with Crippen molar-refractivity contribution in [2.24, 2.45) is 0 Å². The fourth-order valence-electron chi connectivity index (χ4n) is 7.20. The average molecular weight is 773 g/mol. The van der Waals surface area contributed by atoms with Crippen LogP contribution in [0.5, 0.6) is 74.7 Å². The SMILES string of the molecule is COc1cc(C(=O)O[C@@H]2Cc3c(O)cc(O)c(C4c5c(O)cc(O)cc5O[C@H](c5ccc(O)c(O)c5)[C@@H]4O)c3O[C@@H]2c2ccc(O)c(O)c2)cc(OC)c1OC. The van der Waals surface area contributed by atoms with Gasteiger partial charge in [0, 0.05) is 46.9 Å². The van der Waals surface area contributed by atoms with Crippen LogP contribution in [0.1, 0.15) is 56.3 Å². The molecular weight excluding hydrogens is 736 g/mol. The largest absolute Gasteiger partial charge is 0.508 e. The van der Waals surface area contributed by atoms with Gasteiger partial charge in [0.25, 0.3) is 0 Å². The van der Waals surface area contributed by atoms with E-state index < -0.39 is 82.3 Å². The van der Waals surface area contributed by atoms with Crippen molar-refractivity contribution in [2.75, 3.05) is 21.3 Å². The predicted octanol–water partition coefficient (Wildman–Crippen LogP) is 4.89. The van der Waals surface area contributed by atoms with Crippen LogP contribution in [-0.2, 0) is 11.2 Å². The molecule has 5 aromatic rings. The Bertz CT molecular complexity index is 2330. The minimum absolute atomic E-state index is 0.0112. The Morgan fingerprint density at radius 1 is 0.625 bits per heavy atom. The Hall–Kier alpha value is -7.07. The molecule has 0 amide bonds. The zero-order valence-electron chi connectivity index (χ0n) is 29.8. The minimum atomic E-state index is -1.68. The molecule has 1 unspecified atom stereocenters. The Labute approximate surface area is 317 Å². The van der Waals surface area contributed by atoms with Gasteiger partial charge in [0.05, 0.1) is 32.8 Å². The number of benzene rings is 5. The highest BCUT2D eigenvalue weighted by atomic mass is 16.6. The van der Waals surface area contributed by atoms with Gasteiger partial charge in [-0.1, -0.05) is 12.1 Å². The van der Waals surface area contributed by atoms with Gasteiger partial charge in [0.2, 0.25) is 5.75 Å². The summed E-state index contributed by atoms with van der Waals surface area (Å²) in [6.45, 7) is 0. The van der Waals surface area contributed by atoms with E-state index in [0.29, 0.717) is 0 Å². The minimum Gasteiger partial charge on any atom is -0.508 e. The second-order valence-corrected chi connectivity index (χ2v) is 13.1. The quantitative estimate of drug-likeness (QED) is 0.0752. The summed E-state index contributed by atoms with van der Waals surface area (Å²) in [4.78, 5) is 13.8. The van der Waals surface area contributed by atoms with Crippen LogP contribution in [0.3, 0.4) is 0 Å². The third-order valence-corrected chi connectivity index (χ3v) is 9.81. The number of aromatic hydroxyl groups is 8. The number of aliphatic hydroxyl groups excluding tert-OH is 1. The number of rotatable bonds is 8. The molecule has 0 aromatic heterocycles. The highest BCUT2D eigenvalue weighted by Gasteiger charge is 2.47. The van der Waals surface area contributed by atoms with E-state index in [1.807, 2.05) is 0 Å². The maximum atomic E-state index is 13.8. The third kappa shape index (κ3) is 6.34. The molecule has 0 spiro atoms. The number of hydrogen-bond acceptors (Lipinski definition) is 16. The lowest BCUT2D eigenvalue weighted by Crippen LogP contribution is -2.38. The first-order valence-electron chi connectivity index (χ1n) is 16.9. The van der Waals surface area contributed by atoms with Gasteiger partial charge in [0.1, 0.15) is 46.7 Å². The molecule has 16 heteroatoms. The lowest BCUT2D eigenvalue weighted by molar-refractivity contribution is -0.0210. The van der Waals surface area contributed by atoms with Crippen LogP contribution < -0.4 is 23.7 Å². The fraction of sp³-hybridized carbons (Fsp3) is 0.225. The molecule has 7 rings (SSSR count). The molecule has 292 valence electrons. The van der Waals surface area contributed by atoms with Crippen molar-refractivity contribution in [3.05, 3.63) is 100 Å². The maximum Gasteiger partial charge on any atom is 0.338 e. The standard InChI is InChI=1S/C40H36O16/c1-51-29-10-18(11-30(52-2)39(29)53-3)40(50)55-31-14-20-23(44)15-27(48)33(38(20)56-36(31)16-4-6-21(42)24(45)8-16)34-32-26(47)12-19(41)13-28(32)54-37(35(34)49)17-5-7-22(43)25(46)9-17/h4-13,15,31,34-37,41-49H,14H2,1-3H3/t31-,34?,35-,36-,37-/m1/s1. The van der Waals surface area contributed by atoms with Crippen molar-refractivity contribution in [3.63, 3.8) is 0 Å². The van der Waals surface area contributed by atoms with Crippen LogP contribution in [0.4, 0.5) is 0 Å². The van der Waals surface area contributed by atoms with Gasteiger partial charge in [-0.2, -0.15) is 0 Å². The van der Waals surface area contributed by atoms with Crippen LogP contribution in [0, 0.1) is 0 Å². The number of hydrogen-bond donors (Lipinski definition) is 9. The summed E-state index contributed by atoms with van der Waals surface area (Å²) in [6.07, 6.45) is -5.87. The van der Waals surface area contributed by atoms with Gasteiger partial charge in [0.15, 0.2) is 46.7 Å². The number of fused-ring (bicyclic) bond motifs is 2. The second-order valence-electron chi connectivity index (χ2n) is 13.1. The predicted molar refractivity (Wildman–Crippen MR) is 193 cm³/mol. The van der Waals surface area contributed by atoms with Crippen LogP contribution in [0.2, 0.25) is 0 Å². The summed E-state index contributed by atoms with van der Waals surface area (Å²) >= 11 is 0. The number of methoxy groups -OCH3 is 3. The molecule has 16 nitrogen and oxygen atoms in total. The number of esters is 1. The smallest absolute Gasteiger partial charge is 0.338 e. The Morgan fingerprint density at radius 3 is 1.79 bits per heavy atom. The molecule has 56 heavy (non-hydrogen) atoms. The molecule has 0 bridgehead atoms. The van der Waals surface area contributed by atoms with Crippen molar-refractivity contribution < 1.29 is 79.2 Å². The topological polar surface area (TPSA) is 255 Å². The van der Waals surface area contributed by atoms with E-state index in [1.165, 1.54) is 69.9 Å². The van der Waals surface area contributed by atoms with E-state index in [0.717, 1.165) is 18.2 Å². The van der Waals surface area contributed by atoms with Gasteiger partial charge < -0.3 is 74.4 Å². The van der Waals surface area contributed by atoms with Crippen LogP contribution in [0.15, 0.2) is 66.7 Å². The number of phenols is 8. The zero-order chi connectivity index (χ0) is 40.2. The highest BCUT2D eigenvalue weighted by molar-refractivity contribution is 5.91. The number of carbonyl (C=O) groups is 1. The lowest BCUT2D eigenvalue weighted by Gasteiger charge is -2.40. The van der Waals surface area contributed by atoms with E-state index >= 15 is 0 Å². The van der Waals surface area contributed by atoms with Crippen molar-refractivity contribution in [1.82, 2.24) is 0 Å². The Morgan fingerprint density at radius 2 is 1.21 bits per heavy atom. The molecule has 2 aliphatic heterocycles. The Balaban J connectivity index is 1.38. The molecule has 0 radical (unpaired) electrons. The summed E-state index contributed by atoms with van der Waals surface area (Å²) in [6, 6.07) is 13.4. The maximum absolute atomic E-state index is 13.8. The highest BCUT2D eigenvalue weighted by Crippen LogP contribution is 2.57. The first-order valence-corrected chi connectivity index (χ1v) is 16.9. The number of carbonyl (C=O) groups excluding carboxylic acids is 1. The molecule has 0 aliphatic carbocycles. The number of phenolic OH excluding ortho intramolecular Hbond substituents is 8. The number of aliphatic hydroxyl groups is 1. The van der Waals surface area contributed by atoms with Crippen LogP contribution in [-0.4, -0.2) is 85.5 Å². The molecule has 0 saturated heterocycles. The normalized spacial score (nSPS) is 19.8. The van der Waals surface area contributed by atoms with Gasteiger partial charge in [-0.05, 0) is 42.0 Å². The monoisotopic (exact) mass is 772 g/mol. The summed E-state index contributed by atoms with van der Waals surface area (Å²) in [5.74, 6) is -6.08. The molecule has 0 saturated carbocycles. The molecule has 2 aliphatic rings. The van der Waals surface area contributed by atoms with E-state index in [1.54, 1.807) is 0 Å². The molecule has 0 fully saturated rings. The molecule has 5 aromatic carbocycles. The molecule has 9 N–H and O–H groups in total. The molecule has 5 atom stereocenters. The van der Waals surface area contributed by atoms with Crippen molar-refractivity contribution in [1.29, 1.82) is 0 Å². The number of ether oxygens (including phenoxy) is 6. The van der Waals surface area contributed by atoms with E-state index in [2.05, 4.69) is 0 Å². The average Bonchev–Trinajstić information content (AvgIpc) is 3.16. The summed E-state index contributed by atoms with van der Waals surface area (Å²) in [7, 11) is 4.13. The van der Waals surface area contributed by atoms with Gasteiger partial charge in [-0.15, -0.1) is 0 Å². The van der Waals surface area contributed by atoms with Gasteiger partial charge >= 0.3 is 5.97 Å². The van der Waals surface area contributed by atoms with E-state index in [9.17, 15) is 50.8 Å².